The van der Waals surface area contributed by atoms with E-state index in [2.05, 4.69) is 18.7 Å². The molecular weight excluding hydrogens is 400 g/mol. The third-order valence-corrected chi connectivity index (χ3v) is 7.20. The van der Waals surface area contributed by atoms with Gasteiger partial charge in [0, 0.05) is 26.1 Å². The average molecular weight is 443 g/mol. The van der Waals surface area contributed by atoms with E-state index in [1.54, 1.807) is 0 Å². The van der Waals surface area contributed by atoms with E-state index in [4.69, 9.17) is 4.74 Å². The fourth-order valence-corrected chi connectivity index (χ4v) is 5.15. The molecule has 0 bridgehead atoms. The highest BCUT2D eigenvalue weighted by molar-refractivity contribution is 5.96. The first kappa shape index (κ1) is 24.6. The maximum absolute atomic E-state index is 13.4. The van der Waals surface area contributed by atoms with E-state index < -0.39 is 0 Å². The van der Waals surface area contributed by atoms with Crippen molar-refractivity contribution in [3.8, 4) is 5.75 Å². The average Bonchev–Trinajstić information content (AvgIpc) is 3.29. The molecule has 2 amide bonds. The fraction of sp³-hybridized carbons (Fsp3) is 0.704. The van der Waals surface area contributed by atoms with Gasteiger partial charge in [0.2, 0.25) is 5.91 Å². The van der Waals surface area contributed by atoms with Crippen molar-refractivity contribution in [1.82, 2.24) is 9.80 Å². The van der Waals surface area contributed by atoms with Gasteiger partial charge in [0.25, 0.3) is 5.91 Å². The minimum atomic E-state index is 0.0114. The number of carbonyl (C=O) groups excluding carboxylic acids is 2. The van der Waals surface area contributed by atoms with Crippen molar-refractivity contribution in [2.45, 2.75) is 84.6 Å². The van der Waals surface area contributed by atoms with Crippen LogP contribution in [0.3, 0.4) is 0 Å². The lowest BCUT2D eigenvalue weighted by Gasteiger charge is -2.35. The number of nitrogens with zero attached hydrogens (tertiary/aromatic N) is 2. The predicted molar refractivity (Wildman–Crippen MR) is 129 cm³/mol. The molecule has 1 aromatic carbocycles. The summed E-state index contributed by atoms with van der Waals surface area (Å²) in [6, 6.07) is 7.57. The third kappa shape index (κ3) is 6.49. The van der Waals surface area contributed by atoms with Crippen LogP contribution in [-0.4, -0.2) is 53.9 Å². The van der Waals surface area contributed by atoms with Gasteiger partial charge in [0.05, 0.1) is 11.6 Å². The van der Waals surface area contributed by atoms with Gasteiger partial charge in [-0.3, -0.25) is 9.59 Å². The summed E-state index contributed by atoms with van der Waals surface area (Å²) < 4.78 is 6.28. The Balaban J connectivity index is 1.83. The molecule has 178 valence electrons. The van der Waals surface area contributed by atoms with Crippen molar-refractivity contribution < 1.29 is 14.3 Å². The van der Waals surface area contributed by atoms with E-state index in [1.165, 1.54) is 25.7 Å². The lowest BCUT2D eigenvalue weighted by molar-refractivity contribution is -0.136. The summed E-state index contributed by atoms with van der Waals surface area (Å²) in [5.41, 5.74) is 0.623. The van der Waals surface area contributed by atoms with Crippen molar-refractivity contribution in [2.24, 2.45) is 11.8 Å². The van der Waals surface area contributed by atoms with Crippen LogP contribution in [0.1, 0.15) is 88.9 Å². The zero-order valence-electron chi connectivity index (χ0n) is 20.4. The largest absolute Gasteiger partial charge is 0.491 e. The summed E-state index contributed by atoms with van der Waals surface area (Å²) >= 11 is 0. The first-order chi connectivity index (χ1) is 15.5. The molecule has 0 unspecified atom stereocenters. The lowest BCUT2D eigenvalue weighted by Crippen LogP contribution is -2.47. The van der Waals surface area contributed by atoms with E-state index >= 15 is 0 Å². The Morgan fingerprint density at radius 2 is 1.72 bits per heavy atom. The van der Waals surface area contributed by atoms with Crippen LogP contribution in [0.2, 0.25) is 0 Å². The molecule has 0 N–H and O–H groups in total. The molecule has 3 rings (SSSR count). The number of rotatable bonds is 4. The van der Waals surface area contributed by atoms with Gasteiger partial charge in [-0.1, -0.05) is 51.7 Å². The van der Waals surface area contributed by atoms with Gasteiger partial charge in [-0.05, 0) is 56.6 Å². The number of benzene rings is 1. The molecule has 0 spiro atoms. The summed E-state index contributed by atoms with van der Waals surface area (Å²) in [6.45, 7) is 9.06. The Morgan fingerprint density at radius 1 is 1.03 bits per heavy atom. The van der Waals surface area contributed by atoms with Gasteiger partial charge < -0.3 is 14.5 Å². The topological polar surface area (TPSA) is 49.9 Å². The van der Waals surface area contributed by atoms with E-state index in [-0.39, 0.29) is 23.8 Å². The highest BCUT2D eigenvalue weighted by atomic mass is 16.5. The molecule has 5 nitrogen and oxygen atoms in total. The number of hydrogen-bond acceptors (Lipinski definition) is 3. The first-order valence-electron chi connectivity index (χ1n) is 12.8. The van der Waals surface area contributed by atoms with Gasteiger partial charge in [0.1, 0.15) is 12.4 Å². The van der Waals surface area contributed by atoms with Crippen molar-refractivity contribution in [2.75, 3.05) is 26.2 Å². The number of ether oxygens (including phenoxy) is 1. The SMILES string of the molecule is CCN1CCCCCCN(C(=O)CC2CCCC2)[C@@H](C(C)C)COc2ccccc2C1=O. The Bertz CT molecular complexity index is 742. The van der Waals surface area contributed by atoms with Gasteiger partial charge >= 0.3 is 0 Å². The second-order valence-corrected chi connectivity index (χ2v) is 9.86. The fourth-order valence-electron chi connectivity index (χ4n) is 5.15. The van der Waals surface area contributed by atoms with Crippen LogP contribution in [-0.2, 0) is 4.79 Å². The van der Waals surface area contributed by atoms with Crippen molar-refractivity contribution in [3.63, 3.8) is 0 Å². The van der Waals surface area contributed by atoms with Crippen molar-refractivity contribution >= 4 is 11.8 Å². The third-order valence-electron chi connectivity index (χ3n) is 7.20. The molecule has 1 saturated carbocycles. The Kier molecular flexibility index (Phi) is 9.43. The zero-order valence-corrected chi connectivity index (χ0v) is 20.4. The van der Waals surface area contributed by atoms with Crippen LogP contribution in [0.4, 0.5) is 0 Å². The second-order valence-electron chi connectivity index (χ2n) is 9.86. The Morgan fingerprint density at radius 3 is 2.41 bits per heavy atom. The summed E-state index contributed by atoms with van der Waals surface area (Å²) in [6.07, 6.45) is 9.73. The molecule has 5 heteroatoms. The van der Waals surface area contributed by atoms with Gasteiger partial charge in [0.15, 0.2) is 0 Å². The molecule has 0 aromatic heterocycles. The normalized spacial score (nSPS) is 21.9. The van der Waals surface area contributed by atoms with Crippen LogP contribution >= 0.6 is 0 Å². The van der Waals surface area contributed by atoms with Crippen LogP contribution < -0.4 is 4.74 Å². The van der Waals surface area contributed by atoms with E-state index in [1.807, 2.05) is 36.1 Å². The van der Waals surface area contributed by atoms with Gasteiger partial charge in [-0.15, -0.1) is 0 Å². The summed E-state index contributed by atoms with van der Waals surface area (Å²) in [5, 5.41) is 0. The van der Waals surface area contributed by atoms with E-state index in [9.17, 15) is 9.59 Å². The minimum Gasteiger partial charge on any atom is -0.491 e. The van der Waals surface area contributed by atoms with Crippen LogP contribution in [0, 0.1) is 11.8 Å². The molecule has 1 fully saturated rings. The molecule has 2 aliphatic rings. The highest BCUT2D eigenvalue weighted by Gasteiger charge is 2.30. The van der Waals surface area contributed by atoms with Crippen LogP contribution in [0.25, 0.3) is 0 Å². The standard InChI is InChI=1S/C27H42N2O3/c1-4-28-17-11-5-6-12-18-29(26(30)19-22-13-7-8-14-22)24(21(2)3)20-32-25-16-10-9-15-23(25)27(28)31/h9-10,15-16,21-22,24H,4-8,11-14,17-20H2,1-3H3/t24-/m1/s1. The lowest BCUT2D eigenvalue weighted by atomic mass is 9.98. The summed E-state index contributed by atoms with van der Waals surface area (Å²) in [5.74, 6) is 1.78. The number of para-hydroxylation sites is 1. The molecule has 1 aromatic rings. The van der Waals surface area contributed by atoms with Crippen LogP contribution in [0.5, 0.6) is 5.75 Å². The van der Waals surface area contributed by atoms with E-state index in [0.717, 1.165) is 38.8 Å². The van der Waals surface area contributed by atoms with Crippen molar-refractivity contribution in [1.29, 1.82) is 0 Å². The molecule has 0 saturated heterocycles. The Labute approximate surface area is 194 Å². The number of fused-ring (bicyclic) bond motifs is 1. The summed E-state index contributed by atoms with van der Waals surface area (Å²) in [4.78, 5) is 30.6. The molecular formula is C27H42N2O3. The van der Waals surface area contributed by atoms with Crippen molar-refractivity contribution in [3.05, 3.63) is 29.8 Å². The number of carbonyl (C=O) groups is 2. The van der Waals surface area contributed by atoms with E-state index in [0.29, 0.717) is 36.8 Å². The molecule has 1 aliphatic heterocycles. The number of hydrogen-bond donors (Lipinski definition) is 0. The number of amides is 2. The second kappa shape index (κ2) is 12.3. The summed E-state index contributed by atoms with van der Waals surface area (Å²) in [7, 11) is 0. The zero-order chi connectivity index (χ0) is 22.9. The quantitative estimate of drug-likeness (QED) is 0.615. The molecule has 0 radical (unpaired) electrons. The molecule has 32 heavy (non-hydrogen) atoms. The first-order valence-corrected chi connectivity index (χ1v) is 12.8. The highest BCUT2D eigenvalue weighted by Crippen LogP contribution is 2.29. The Hall–Kier alpha value is -2.04. The van der Waals surface area contributed by atoms with Crippen LogP contribution in [0.15, 0.2) is 24.3 Å². The van der Waals surface area contributed by atoms with Gasteiger partial charge in [-0.25, -0.2) is 0 Å². The predicted octanol–water partition coefficient (Wildman–Crippen LogP) is 5.54. The monoisotopic (exact) mass is 442 g/mol. The smallest absolute Gasteiger partial charge is 0.257 e. The molecule has 1 atom stereocenters. The maximum atomic E-state index is 13.4. The van der Waals surface area contributed by atoms with Gasteiger partial charge in [-0.2, -0.15) is 0 Å². The minimum absolute atomic E-state index is 0.0114. The molecule has 1 heterocycles. The molecule has 1 aliphatic carbocycles. The maximum Gasteiger partial charge on any atom is 0.257 e.